The Balaban J connectivity index is 1.35. The third-order valence-electron chi connectivity index (χ3n) is 4.25. The number of hydrogen-bond donors (Lipinski definition) is 0. The molecular weight excluding hydrogens is 290 g/mol. The first-order chi connectivity index (χ1) is 11.2. The van der Waals surface area contributed by atoms with E-state index in [0.717, 1.165) is 50.8 Å². The third-order valence-corrected chi connectivity index (χ3v) is 4.25. The number of aromatic nitrogens is 1. The number of hydrogen-bond acceptors (Lipinski definition) is 5. The van der Waals surface area contributed by atoms with Crippen LogP contribution in [0.3, 0.4) is 0 Å². The maximum Gasteiger partial charge on any atom is 0.134 e. The van der Waals surface area contributed by atoms with E-state index >= 15 is 0 Å². The quantitative estimate of drug-likeness (QED) is 0.767. The summed E-state index contributed by atoms with van der Waals surface area (Å²) < 4.78 is 10.7. The number of rotatable bonds is 6. The van der Waals surface area contributed by atoms with Crippen LogP contribution in [0.4, 0.5) is 5.69 Å². The summed E-state index contributed by atoms with van der Waals surface area (Å²) in [6.45, 7) is 10.6. The highest BCUT2D eigenvalue weighted by molar-refractivity contribution is 5.47. The fraction of sp³-hybridized carbons (Fsp3) is 0.500. The lowest BCUT2D eigenvalue weighted by Crippen LogP contribution is -2.47. The van der Waals surface area contributed by atoms with Crippen LogP contribution >= 0.6 is 0 Å². The molecular formula is C18H25N3O2. The smallest absolute Gasteiger partial charge is 0.134 e. The normalized spacial score (nSPS) is 16.0. The number of anilines is 1. The molecule has 1 fully saturated rings. The van der Waals surface area contributed by atoms with Crippen molar-refractivity contribution in [3.63, 3.8) is 0 Å². The van der Waals surface area contributed by atoms with Crippen LogP contribution in [0, 0.1) is 13.8 Å². The van der Waals surface area contributed by atoms with Crippen LogP contribution < -0.4 is 4.90 Å². The Morgan fingerprint density at radius 1 is 1.09 bits per heavy atom. The zero-order valence-corrected chi connectivity index (χ0v) is 14.0. The minimum Gasteiger partial charge on any atom is -0.374 e. The number of ether oxygens (including phenoxy) is 1. The second kappa shape index (κ2) is 7.62. The van der Waals surface area contributed by atoms with Crippen LogP contribution in [0.5, 0.6) is 0 Å². The van der Waals surface area contributed by atoms with Crippen LogP contribution in [-0.2, 0) is 11.3 Å². The molecule has 0 unspecified atom stereocenters. The predicted molar refractivity (Wildman–Crippen MR) is 90.7 cm³/mol. The maximum atomic E-state index is 5.68. The van der Waals surface area contributed by atoms with Gasteiger partial charge in [0.25, 0.3) is 0 Å². The van der Waals surface area contributed by atoms with Gasteiger partial charge in [0.1, 0.15) is 11.5 Å². The Morgan fingerprint density at radius 2 is 1.83 bits per heavy atom. The SMILES string of the molecule is Cc1ccc(N2CCN(CCOCc3cc(C)on3)CC2)cc1. The first kappa shape index (κ1) is 16.0. The summed E-state index contributed by atoms with van der Waals surface area (Å²) in [7, 11) is 0. The maximum absolute atomic E-state index is 5.68. The molecule has 1 saturated heterocycles. The number of aryl methyl sites for hydroxylation is 2. The first-order valence-corrected chi connectivity index (χ1v) is 8.24. The Kier molecular flexibility index (Phi) is 5.31. The Bertz CT molecular complexity index is 601. The molecule has 2 heterocycles. The molecule has 0 bridgehead atoms. The van der Waals surface area contributed by atoms with E-state index in [1.54, 1.807) is 0 Å². The standard InChI is InChI=1S/C18H25N3O2/c1-15-3-5-18(6-4-15)21-9-7-20(8-10-21)11-12-22-14-17-13-16(2)23-19-17/h3-6,13H,7-12,14H2,1-2H3. The van der Waals surface area contributed by atoms with Crippen molar-refractivity contribution in [1.82, 2.24) is 10.1 Å². The highest BCUT2D eigenvalue weighted by atomic mass is 16.5. The van der Waals surface area contributed by atoms with Gasteiger partial charge in [-0.3, -0.25) is 4.90 Å². The molecule has 5 heteroatoms. The van der Waals surface area contributed by atoms with Crippen molar-refractivity contribution >= 4 is 5.69 Å². The Labute approximate surface area is 137 Å². The summed E-state index contributed by atoms with van der Waals surface area (Å²) in [5.74, 6) is 0.829. The van der Waals surface area contributed by atoms with Crippen molar-refractivity contribution in [2.45, 2.75) is 20.5 Å². The van der Waals surface area contributed by atoms with Gasteiger partial charge in [-0.15, -0.1) is 0 Å². The zero-order chi connectivity index (χ0) is 16.1. The molecule has 1 aromatic heterocycles. The van der Waals surface area contributed by atoms with Crippen LogP contribution in [0.25, 0.3) is 0 Å². The fourth-order valence-electron chi connectivity index (χ4n) is 2.84. The van der Waals surface area contributed by atoms with Crippen molar-refractivity contribution in [3.05, 3.63) is 47.3 Å². The molecule has 0 N–H and O–H groups in total. The molecule has 124 valence electrons. The fourth-order valence-corrected chi connectivity index (χ4v) is 2.84. The number of piperazine rings is 1. The average Bonchev–Trinajstić information content (AvgIpc) is 2.98. The monoisotopic (exact) mass is 315 g/mol. The topological polar surface area (TPSA) is 41.7 Å². The summed E-state index contributed by atoms with van der Waals surface area (Å²) in [5.41, 5.74) is 3.51. The van der Waals surface area contributed by atoms with Crippen molar-refractivity contribution < 1.29 is 9.26 Å². The van der Waals surface area contributed by atoms with Crippen molar-refractivity contribution in [3.8, 4) is 0 Å². The van der Waals surface area contributed by atoms with E-state index in [0.29, 0.717) is 6.61 Å². The van der Waals surface area contributed by atoms with E-state index in [4.69, 9.17) is 9.26 Å². The lowest BCUT2D eigenvalue weighted by molar-refractivity contribution is 0.0871. The second-order valence-electron chi connectivity index (χ2n) is 6.15. The molecule has 1 aliphatic rings. The van der Waals surface area contributed by atoms with Gasteiger partial charge in [-0.2, -0.15) is 0 Å². The van der Waals surface area contributed by atoms with Gasteiger partial charge in [0.2, 0.25) is 0 Å². The summed E-state index contributed by atoms with van der Waals surface area (Å²) in [6, 6.07) is 10.7. The van der Waals surface area contributed by atoms with Gasteiger partial charge >= 0.3 is 0 Å². The minimum atomic E-state index is 0.528. The van der Waals surface area contributed by atoms with Crippen molar-refractivity contribution in [1.29, 1.82) is 0 Å². The van der Waals surface area contributed by atoms with Gasteiger partial charge in [-0.05, 0) is 26.0 Å². The number of benzene rings is 1. The molecule has 0 aliphatic carbocycles. The van der Waals surface area contributed by atoms with Gasteiger partial charge in [-0.25, -0.2) is 0 Å². The van der Waals surface area contributed by atoms with E-state index in [-0.39, 0.29) is 0 Å². The van der Waals surface area contributed by atoms with E-state index in [1.165, 1.54) is 11.3 Å². The van der Waals surface area contributed by atoms with Crippen LogP contribution in [0.15, 0.2) is 34.9 Å². The minimum absolute atomic E-state index is 0.528. The molecule has 23 heavy (non-hydrogen) atoms. The molecule has 0 radical (unpaired) electrons. The highest BCUT2D eigenvalue weighted by Gasteiger charge is 2.16. The molecule has 0 atom stereocenters. The first-order valence-electron chi connectivity index (χ1n) is 8.24. The zero-order valence-electron chi connectivity index (χ0n) is 14.0. The van der Waals surface area contributed by atoms with Crippen molar-refractivity contribution in [2.75, 3.05) is 44.2 Å². The van der Waals surface area contributed by atoms with Crippen LogP contribution in [-0.4, -0.2) is 49.4 Å². The second-order valence-corrected chi connectivity index (χ2v) is 6.15. The van der Waals surface area contributed by atoms with E-state index < -0.39 is 0 Å². The van der Waals surface area contributed by atoms with E-state index in [1.807, 2.05) is 13.0 Å². The molecule has 3 rings (SSSR count). The molecule has 0 amide bonds. The lowest BCUT2D eigenvalue weighted by Gasteiger charge is -2.36. The van der Waals surface area contributed by atoms with Crippen molar-refractivity contribution in [2.24, 2.45) is 0 Å². The third kappa shape index (κ3) is 4.56. The Morgan fingerprint density at radius 3 is 2.48 bits per heavy atom. The van der Waals surface area contributed by atoms with Gasteiger partial charge in [0.15, 0.2) is 0 Å². The van der Waals surface area contributed by atoms with Crippen LogP contribution in [0.1, 0.15) is 17.0 Å². The summed E-state index contributed by atoms with van der Waals surface area (Å²) in [5, 5.41) is 3.93. The van der Waals surface area contributed by atoms with Gasteiger partial charge in [-0.1, -0.05) is 22.9 Å². The summed E-state index contributed by atoms with van der Waals surface area (Å²) in [4.78, 5) is 4.91. The summed E-state index contributed by atoms with van der Waals surface area (Å²) in [6.07, 6.45) is 0. The molecule has 0 saturated carbocycles. The largest absolute Gasteiger partial charge is 0.374 e. The van der Waals surface area contributed by atoms with Gasteiger partial charge < -0.3 is 14.2 Å². The molecule has 0 spiro atoms. The average molecular weight is 315 g/mol. The molecule has 1 aromatic carbocycles. The molecule has 5 nitrogen and oxygen atoms in total. The predicted octanol–water partition coefficient (Wildman–Crippen LogP) is 2.63. The molecule has 1 aliphatic heterocycles. The van der Waals surface area contributed by atoms with E-state index in [2.05, 4.69) is 46.1 Å². The van der Waals surface area contributed by atoms with E-state index in [9.17, 15) is 0 Å². The lowest BCUT2D eigenvalue weighted by atomic mass is 10.2. The van der Waals surface area contributed by atoms with Gasteiger partial charge in [0.05, 0.1) is 13.2 Å². The van der Waals surface area contributed by atoms with Gasteiger partial charge in [0, 0.05) is 44.5 Å². The van der Waals surface area contributed by atoms with Crippen LogP contribution in [0.2, 0.25) is 0 Å². The number of nitrogens with zero attached hydrogens (tertiary/aromatic N) is 3. The Hall–Kier alpha value is -1.85. The summed E-state index contributed by atoms with van der Waals surface area (Å²) >= 11 is 0. The molecule has 2 aromatic rings. The highest BCUT2D eigenvalue weighted by Crippen LogP contribution is 2.17.